The van der Waals surface area contributed by atoms with E-state index in [1.165, 1.54) is 9.13 Å². The van der Waals surface area contributed by atoms with Crippen LogP contribution < -0.4 is 0 Å². The molecule has 0 bridgehead atoms. The number of nitrogens with zero attached hydrogens (tertiary/aromatic N) is 4. The van der Waals surface area contributed by atoms with Gasteiger partial charge in [0.25, 0.3) is 5.92 Å². The summed E-state index contributed by atoms with van der Waals surface area (Å²) < 4.78 is 66.6. The minimum Gasteiger partial charge on any atom is -0.465 e. The van der Waals surface area contributed by atoms with Crippen molar-refractivity contribution in [2.45, 2.75) is 44.7 Å². The first-order valence-electron chi connectivity index (χ1n) is 11.2. The molecule has 4 aromatic rings. The van der Waals surface area contributed by atoms with Crippen LogP contribution in [0.3, 0.4) is 0 Å². The summed E-state index contributed by atoms with van der Waals surface area (Å²) >= 11 is 0. The Labute approximate surface area is 197 Å². The lowest BCUT2D eigenvalue weighted by molar-refractivity contribution is 0.0379. The number of benzene rings is 1. The van der Waals surface area contributed by atoms with Crippen LogP contribution in [0.5, 0.6) is 0 Å². The van der Waals surface area contributed by atoms with Gasteiger partial charge in [0.2, 0.25) is 0 Å². The third-order valence-electron chi connectivity index (χ3n) is 6.23. The van der Waals surface area contributed by atoms with E-state index < -0.39 is 35.6 Å². The van der Waals surface area contributed by atoms with Gasteiger partial charge in [0.15, 0.2) is 17.5 Å². The summed E-state index contributed by atoms with van der Waals surface area (Å²) in [5.41, 5.74) is 0.652. The van der Waals surface area contributed by atoms with Gasteiger partial charge in [0.05, 0.1) is 24.9 Å². The van der Waals surface area contributed by atoms with Gasteiger partial charge in [-0.3, -0.25) is 0 Å². The van der Waals surface area contributed by atoms with Crippen molar-refractivity contribution in [3.63, 3.8) is 0 Å². The van der Waals surface area contributed by atoms with E-state index in [0.29, 0.717) is 36.4 Å². The van der Waals surface area contributed by atoms with Crippen molar-refractivity contribution in [2.24, 2.45) is 0 Å². The zero-order valence-electron chi connectivity index (χ0n) is 19.1. The van der Waals surface area contributed by atoms with Crippen LogP contribution in [0, 0.1) is 11.6 Å². The van der Waals surface area contributed by atoms with Crippen molar-refractivity contribution in [1.29, 1.82) is 0 Å². The normalized spacial score (nSPS) is 14.1. The molecule has 1 aliphatic carbocycles. The van der Waals surface area contributed by atoms with Crippen molar-refractivity contribution in [3.8, 4) is 11.5 Å². The fourth-order valence-corrected chi connectivity index (χ4v) is 4.30. The number of aryl methyl sites for hydroxylation is 1. The molecule has 1 saturated carbocycles. The van der Waals surface area contributed by atoms with Crippen molar-refractivity contribution in [2.75, 3.05) is 7.11 Å². The number of allylic oxidation sites excluding steroid dienone is 1. The van der Waals surface area contributed by atoms with Gasteiger partial charge in [-0.05, 0) is 49.6 Å². The molecule has 0 saturated heterocycles. The molecule has 10 heteroatoms. The Morgan fingerprint density at radius 2 is 1.97 bits per heavy atom. The Bertz CT molecular complexity index is 1500. The quantitative estimate of drug-likeness (QED) is 0.187. The molecule has 0 N–H and O–H groups in total. The number of ether oxygens (including phenoxy) is 1. The van der Waals surface area contributed by atoms with E-state index in [0.717, 1.165) is 18.9 Å². The summed E-state index contributed by atoms with van der Waals surface area (Å²) in [4.78, 5) is 21.0. The summed E-state index contributed by atoms with van der Waals surface area (Å²) in [5.74, 6) is -6.68. The van der Waals surface area contributed by atoms with E-state index >= 15 is 4.39 Å². The van der Waals surface area contributed by atoms with E-state index in [1.807, 2.05) is 13.0 Å². The second-order valence-corrected chi connectivity index (χ2v) is 8.60. The molecule has 0 amide bonds. The van der Waals surface area contributed by atoms with Gasteiger partial charge >= 0.3 is 5.97 Å². The number of halogens is 4. The average molecular weight is 486 g/mol. The molecule has 0 spiro atoms. The van der Waals surface area contributed by atoms with Crippen LogP contribution in [0.2, 0.25) is 0 Å². The molecule has 35 heavy (non-hydrogen) atoms. The fraction of sp³-hybridized carbons (Fsp3) is 0.320. The van der Waals surface area contributed by atoms with Crippen LogP contribution in [0.15, 0.2) is 36.9 Å². The van der Waals surface area contributed by atoms with Crippen molar-refractivity contribution < 1.29 is 27.1 Å². The molecule has 0 radical (unpaired) electrons. The first kappa shape index (κ1) is 23.1. The summed E-state index contributed by atoms with van der Waals surface area (Å²) in [7, 11) is 1.06. The maximum absolute atomic E-state index is 15.3. The highest BCUT2D eigenvalue weighted by Crippen LogP contribution is 2.43. The standard InChI is InChI=1S/C25H22F4N4O2/c1-4-14-7-6-13-10-18(32(22(13)30-14)12-25(28,29)5-2)23-31-17-11-16(24(34)35-3)19(26)20(27)21(17)33(23)15-8-9-15/h5-7,10-11,15H,2,4,8-9,12H2,1,3H3. The van der Waals surface area contributed by atoms with Gasteiger partial charge in [-0.25, -0.2) is 32.3 Å². The predicted octanol–water partition coefficient (Wildman–Crippen LogP) is 5.84. The number of hydrogen-bond acceptors (Lipinski definition) is 4. The van der Waals surface area contributed by atoms with Gasteiger partial charge in [-0.1, -0.05) is 13.5 Å². The second-order valence-electron chi connectivity index (χ2n) is 8.60. The number of methoxy groups -OCH3 is 1. The Hall–Kier alpha value is -3.69. The number of imidazole rings is 1. The summed E-state index contributed by atoms with van der Waals surface area (Å²) in [6.45, 7) is 4.39. The minimum atomic E-state index is -3.25. The molecule has 0 unspecified atom stereocenters. The number of alkyl halides is 2. The number of rotatable bonds is 7. The molecular weight excluding hydrogens is 464 g/mol. The molecule has 1 fully saturated rings. The number of pyridine rings is 1. The lowest BCUT2D eigenvalue weighted by Gasteiger charge is -2.17. The molecule has 3 aromatic heterocycles. The molecule has 0 atom stereocenters. The van der Waals surface area contributed by atoms with Crippen molar-refractivity contribution in [3.05, 3.63) is 59.8 Å². The number of aromatic nitrogens is 4. The van der Waals surface area contributed by atoms with Gasteiger partial charge in [0, 0.05) is 17.1 Å². The number of fused-ring (bicyclic) bond motifs is 2. The first-order chi connectivity index (χ1) is 16.7. The summed E-state index contributed by atoms with van der Waals surface area (Å²) in [6, 6.07) is 6.20. The second kappa shape index (κ2) is 8.21. The molecule has 3 heterocycles. The molecule has 1 aromatic carbocycles. The fourth-order valence-electron chi connectivity index (χ4n) is 4.30. The lowest BCUT2D eigenvalue weighted by Crippen LogP contribution is -2.22. The number of carbonyl (C=O) groups excluding carboxylic acids is 1. The zero-order valence-corrected chi connectivity index (χ0v) is 19.1. The Balaban J connectivity index is 1.83. The van der Waals surface area contributed by atoms with Gasteiger partial charge in [0.1, 0.15) is 16.7 Å². The molecule has 1 aliphatic rings. The molecule has 182 valence electrons. The van der Waals surface area contributed by atoms with Gasteiger partial charge < -0.3 is 13.9 Å². The van der Waals surface area contributed by atoms with Crippen LogP contribution in [-0.4, -0.2) is 38.1 Å². The van der Waals surface area contributed by atoms with E-state index in [1.54, 1.807) is 12.1 Å². The number of carbonyl (C=O) groups is 1. The highest BCUT2D eigenvalue weighted by atomic mass is 19.3. The maximum Gasteiger partial charge on any atom is 0.341 e. The Kier molecular flexibility index (Phi) is 5.41. The Morgan fingerprint density at radius 3 is 2.60 bits per heavy atom. The van der Waals surface area contributed by atoms with Gasteiger partial charge in [-0.2, -0.15) is 0 Å². The summed E-state index contributed by atoms with van der Waals surface area (Å²) in [6.07, 6.45) is 2.56. The topological polar surface area (TPSA) is 61.9 Å². The van der Waals surface area contributed by atoms with Crippen LogP contribution in [-0.2, 0) is 17.7 Å². The minimum absolute atomic E-state index is 0.0284. The molecule has 0 aliphatic heterocycles. The van der Waals surface area contributed by atoms with Crippen LogP contribution in [0.25, 0.3) is 33.6 Å². The van der Waals surface area contributed by atoms with Crippen molar-refractivity contribution in [1.82, 2.24) is 19.1 Å². The molecule has 5 rings (SSSR count). The van der Waals surface area contributed by atoms with E-state index in [2.05, 4.69) is 21.3 Å². The summed E-state index contributed by atoms with van der Waals surface area (Å²) in [5, 5.41) is 0.605. The third-order valence-corrected chi connectivity index (χ3v) is 6.23. The molecule has 6 nitrogen and oxygen atoms in total. The Morgan fingerprint density at radius 1 is 1.23 bits per heavy atom. The van der Waals surface area contributed by atoms with Crippen LogP contribution >= 0.6 is 0 Å². The highest BCUT2D eigenvalue weighted by Gasteiger charge is 2.35. The van der Waals surface area contributed by atoms with Gasteiger partial charge in [-0.15, -0.1) is 0 Å². The average Bonchev–Trinajstić information content (AvgIpc) is 3.54. The monoisotopic (exact) mass is 486 g/mol. The van der Waals surface area contributed by atoms with E-state index in [4.69, 9.17) is 0 Å². The highest BCUT2D eigenvalue weighted by molar-refractivity contribution is 5.95. The van der Waals surface area contributed by atoms with E-state index in [9.17, 15) is 18.0 Å². The number of hydrogen-bond donors (Lipinski definition) is 0. The SMILES string of the molecule is C=CC(F)(F)Cn1c(-c2nc3cc(C(=O)OC)c(F)c(F)c3n2C2CC2)cc2ccc(CC)nc21. The molecular formula is C25H22F4N4O2. The largest absolute Gasteiger partial charge is 0.465 e. The zero-order chi connectivity index (χ0) is 25.1. The predicted molar refractivity (Wildman–Crippen MR) is 123 cm³/mol. The smallest absolute Gasteiger partial charge is 0.341 e. The first-order valence-corrected chi connectivity index (χ1v) is 11.2. The maximum atomic E-state index is 15.3. The third kappa shape index (κ3) is 3.77. The van der Waals surface area contributed by atoms with Crippen LogP contribution in [0.4, 0.5) is 17.6 Å². The van der Waals surface area contributed by atoms with Crippen LogP contribution in [0.1, 0.15) is 41.9 Å². The van der Waals surface area contributed by atoms with E-state index in [-0.39, 0.29) is 28.6 Å². The lowest BCUT2D eigenvalue weighted by atomic mass is 10.1. The van der Waals surface area contributed by atoms with Crippen molar-refractivity contribution >= 4 is 28.0 Å². The number of esters is 1.